The van der Waals surface area contributed by atoms with E-state index in [0.29, 0.717) is 21.7 Å². The van der Waals surface area contributed by atoms with E-state index in [1.807, 2.05) is 0 Å². The molecule has 3 rings (SSSR count). The summed E-state index contributed by atoms with van der Waals surface area (Å²) in [5.74, 6) is -0.445. The van der Waals surface area contributed by atoms with Crippen LogP contribution in [0.3, 0.4) is 0 Å². The molecule has 218 valence electrons. The van der Waals surface area contributed by atoms with Gasteiger partial charge in [-0.1, -0.05) is 60.7 Å². The number of carboxylic acid groups (broad SMARTS) is 2. The molecule has 0 aliphatic rings. The first-order chi connectivity index (χ1) is 20.0. The summed E-state index contributed by atoms with van der Waals surface area (Å²) in [5.41, 5.74) is 4.35. The van der Waals surface area contributed by atoms with Crippen LogP contribution >= 0.6 is 0 Å². The van der Waals surface area contributed by atoms with Crippen LogP contribution in [0.15, 0.2) is 90.0 Å². The molecule has 0 saturated carbocycles. The first-order valence-electron chi connectivity index (χ1n) is 12.6. The number of rotatable bonds is 12. The van der Waals surface area contributed by atoms with Crippen LogP contribution in [0.1, 0.15) is 24.5 Å². The Morgan fingerprint density at radius 2 is 1.48 bits per heavy atom. The number of hydrogen-bond acceptors (Lipinski definition) is 8. The number of anilines is 2. The van der Waals surface area contributed by atoms with E-state index in [-0.39, 0.29) is 12.2 Å². The zero-order valence-electron chi connectivity index (χ0n) is 22.6. The summed E-state index contributed by atoms with van der Waals surface area (Å²) in [6.45, 7) is 0.839. The second-order valence-corrected chi connectivity index (χ2v) is 9.16. The summed E-state index contributed by atoms with van der Waals surface area (Å²) in [4.78, 5) is 66.8. The molecule has 0 aliphatic heterocycles. The standard InChI is InChI=1S/C29H30N6O7/c1-19(36)29(27(40)41,35(23-10-6-3-7-11-23)26(39)24(30)16-25(37)38)33-28(42)34(18-21-8-4-2-5-9-21)22-14-12-20(13-15-22)17-32-31/h2-15,17,24H,16,18,30-31H2,1H3,(H,33,42)(H,37,38)(H,40,41)/t24-,29-/m0/s1. The Morgan fingerprint density at radius 1 is 0.905 bits per heavy atom. The van der Waals surface area contributed by atoms with Gasteiger partial charge in [0.25, 0.3) is 5.66 Å². The molecule has 0 radical (unpaired) electrons. The lowest BCUT2D eigenvalue weighted by molar-refractivity contribution is -0.151. The Morgan fingerprint density at radius 3 is 1.98 bits per heavy atom. The highest BCUT2D eigenvalue weighted by Crippen LogP contribution is 2.27. The molecule has 3 aromatic rings. The van der Waals surface area contributed by atoms with Gasteiger partial charge in [0.05, 0.1) is 25.2 Å². The molecule has 0 saturated heterocycles. The average molecular weight is 575 g/mol. The predicted molar refractivity (Wildman–Crippen MR) is 155 cm³/mol. The van der Waals surface area contributed by atoms with Crippen LogP contribution in [0, 0.1) is 0 Å². The highest BCUT2D eigenvalue weighted by molar-refractivity contribution is 6.19. The quantitative estimate of drug-likeness (QED) is 0.0702. The van der Waals surface area contributed by atoms with Gasteiger partial charge in [0, 0.05) is 11.4 Å². The van der Waals surface area contributed by atoms with E-state index >= 15 is 0 Å². The summed E-state index contributed by atoms with van der Waals surface area (Å²) in [5, 5.41) is 25.4. The lowest BCUT2D eigenvalue weighted by atomic mass is 9.99. The number of benzene rings is 3. The topological polar surface area (TPSA) is 209 Å². The second kappa shape index (κ2) is 13.7. The number of nitrogens with two attached hydrogens (primary N) is 2. The van der Waals surface area contributed by atoms with Crippen molar-refractivity contribution in [2.75, 3.05) is 9.80 Å². The van der Waals surface area contributed by atoms with Gasteiger partial charge in [-0.15, -0.1) is 0 Å². The number of hydrogen-bond donors (Lipinski definition) is 5. The fraction of sp³-hybridized carbons (Fsp3) is 0.172. The number of carbonyl (C=O) groups excluding carboxylic acids is 3. The Labute approximate surface area is 241 Å². The van der Waals surface area contributed by atoms with Crippen molar-refractivity contribution in [2.45, 2.75) is 31.6 Å². The van der Waals surface area contributed by atoms with Gasteiger partial charge in [-0.25, -0.2) is 9.59 Å². The third kappa shape index (κ3) is 6.95. The fourth-order valence-corrected chi connectivity index (χ4v) is 4.20. The van der Waals surface area contributed by atoms with Crippen molar-refractivity contribution in [2.24, 2.45) is 16.7 Å². The third-order valence-corrected chi connectivity index (χ3v) is 6.25. The largest absolute Gasteiger partial charge is 0.481 e. The SMILES string of the molecule is CC(=O)[C@@](NC(=O)N(Cc1ccccc1)c1ccc(C=NN)cc1)(C(=O)O)N(C(=O)[C@@H](N)CC(=O)O)c1ccccc1. The predicted octanol–water partition coefficient (Wildman–Crippen LogP) is 1.90. The van der Waals surface area contributed by atoms with E-state index in [0.717, 1.165) is 6.92 Å². The summed E-state index contributed by atoms with van der Waals surface area (Å²) < 4.78 is 0. The summed E-state index contributed by atoms with van der Waals surface area (Å²) in [6.07, 6.45) is 0.530. The molecule has 3 aromatic carbocycles. The van der Waals surface area contributed by atoms with E-state index in [9.17, 15) is 34.2 Å². The smallest absolute Gasteiger partial charge is 0.359 e. The van der Waals surface area contributed by atoms with Gasteiger partial charge in [-0.2, -0.15) is 5.10 Å². The van der Waals surface area contributed by atoms with Gasteiger partial charge in [-0.3, -0.25) is 29.5 Å². The van der Waals surface area contributed by atoms with Crippen LogP contribution in [0.5, 0.6) is 0 Å². The molecule has 0 bridgehead atoms. The van der Waals surface area contributed by atoms with Crippen LogP contribution in [0.2, 0.25) is 0 Å². The van der Waals surface area contributed by atoms with E-state index in [1.165, 1.54) is 35.4 Å². The molecule has 3 amide bonds. The van der Waals surface area contributed by atoms with E-state index in [2.05, 4.69) is 10.4 Å². The van der Waals surface area contributed by atoms with Crippen molar-refractivity contribution < 1.29 is 34.2 Å². The molecule has 0 aliphatic carbocycles. The maximum absolute atomic E-state index is 14.0. The highest BCUT2D eigenvalue weighted by atomic mass is 16.4. The number of para-hydroxylation sites is 1. The number of Topliss-reactive ketones (excluding diaryl/α,β-unsaturated/α-hetero) is 1. The number of amides is 3. The zero-order chi connectivity index (χ0) is 30.9. The number of aliphatic carboxylic acids is 2. The monoisotopic (exact) mass is 574 g/mol. The van der Waals surface area contributed by atoms with Crippen LogP contribution in [0.4, 0.5) is 16.2 Å². The molecular weight excluding hydrogens is 544 g/mol. The molecular formula is C29H30N6O7. The molecule has 7 N–H and O–H groups in total. The Hall–Kier alpha value is -5.56. The zero-order valence-corrected chi connectivity index (χ0v) is 22.6. The maximum Gasteiger partial charge on any atom is 0.359 e. The molecule has 2 atom stereocenters. The average Bonchev–Trinajstić information content (AvgIpc) is 2.96. The minimum atomic E-state index is -3.01. The summed E-state index contributed by atoms with van der Waals surface area (Å²) >= 11 is 0. The van der Waals surface area contributed by atoms with Gasteiger partial charge in [0.1, 0.15) is 0 Å². The van der Waals surface area contributed by atoms with Gasteiger partial charge in [-0.05, 0) is 42.3 Å². The van der Waals surface area contributed by atoms with Crippen molar-refractivity contribution in [1.29, 1.82) is 0 Å². The molecule has 0 fully saturated rings. The lowest BCUT2D eigenvalue weighted by Crippen LogP contribution is -2.74. The van der Waals surface area contributed by atoms with Crippen LogP contribution < -0.4 is 26.7 Å². The minimum Gasteiger partial charge on any atom is -0.481 e. The number of carbonyl (C=O) groups is 5. The Kier molecular flexibility index (Phi) is 10.1. The van der Waals surface area contributed by atoms with Crippen LogP contribution in [0.25, 0.3) is 0 Å². The molecule has 0 unspecified atom stereocenters. The summed E-state index contributed by atoms with van der Waals surface area (Å²) in [7, 11) is 0. The number of ketones is 1. The molecule has 42 heavy (non-hydrogen) atoms. The number of hydrazone groups is 1. The minimum absolute atomic E-state index is 0.0532. The normalized spacial score (nSPS) is 13.0. The van der Waals surface area contributed by atoms with E-state index in [1.54, 1.807) is 60.7 Å². The molecule has 0 heterocycles. The maximum atomic E-state index is 14.0. The molecule has 13 heteroatoms. The lowest BCUT2D eigenvalue weighted by Gasteiger charge is -2.41. The first-order valence-corrected chi connectivity index (χ1v) is 12.6. The first kappa shape index (κ1) is 31.0. The van der Waals surface area contributed by atoms with E-state index < -0.39 is 47.8 Å². The van der Waals surface area contributed by atoms with Gasteiger partial charge in [0.2, 0.25) is 5.91 Å². The Bertz CT molecular complexity index is 1450. The number of nitrogens with zero attached hydrogens (tertiary/aromatic N) is 3. The fourth-order valence-electron chi connectivity index (χ4n) is 4.20. The second-order valence-electron chi connectivity index (χ2n) is 9.16. The van der Waals surface area contributed by atoms with Crippen LogP contribution in [-0.4, -0.2) is 57.8 Å². The molecule has 0 spiro atoms. The van der Waals surface area contributed by atoms with Crippen molar-refractivity contribution in [3.05, 3.63) is 96.1 Å². The number of carboxylic acids is 2. The Balaban J connectivity index is 2.17. The summed E-state index contributed by atoms with van der Waals surface area (Å²) in [6, 6.07) is 19.6. The molecule has 0 aromatic heterocycles. The number of nitrogens with one attached hydrogen (secondary N) is 1. The van der Waals surface area contributed by atoms with Crippen molar-refractivity contribution in [3.8, 4) is 0 Å². The van der Waals surface area contributed by atoms with Crippen molar-refractivity contribution >= 4 is 47.2 Å². The van der Waals surface area contributed by atoms with Crippen LogP contribution in [-0.2, 0) is 25.7 Å². The van der Waals surface area contributed by atoms with Gasteiger partial charge >= 0.3 is 18.0 Å². The van der Waals surface area contributed by atoms with Crippen molar-refractivity contribution in [3.63, 3.8) is 0 Å². The van der Waals surface area contributed by atoms with Gasteiger partial charge < -0.3 is 21.8 Å². The third-order valence-electron chi connectivity index (χ3n) is 6.25. The van der Waals surface area contributed by atoms with E-state index in [4.69, 9.17) is 11.6 Å². The number of urea groups is 1. The van der Waals surface area contributed by atoms with Gasteiger partial charge in [0.15, 0.2) is 5.78 Å². The van der Waals surface area contributed by atoms with Crippen molar-refractivity contribution in [1.82, 2.24) is 5.32 Å². The highest BCUT2D eigenvalue weighted by Gasteiger charge is 2.55. The molecule has 13 nitrogen and oxygen atoms in total.